The number of hydrogen-bond acceptors (Lipinski definition) is 25. The summed E-state index contributed by atoms with van der Waals surface area (Å²) in [7, 11) is 6.61. The summed E-state index contributed by atoms with van der Waals surface area (Å²) < 4.78 is 53.0. The summed E-state index contributed by atoms with van der Waals surface area (Å²) in [6, 6.07) is -1.40. The molecule has 79 heavy (non-hydrogen) atoms. The van der Waals surface area contributed by atoms with Gasteiger partial charge in [0.15, 0.2) is 18.9 Å². The average Bonchev–Trinajstić information content (AvgIpc) is 3.45. The number of amides is 4. The van der Waals surface area contributed by atoms with Crippen LogP contribution in [0.2, 0.25) is 0 Å². The summed E-state index contributed by atoms with van der Waals surface area (Å²) >= 11 is 0. The number of likely N-dealkylation sites (N-methyl/N-ethyl adjacent to an activating group) is 1. The second kappa shape index (κ2) is 43.5. The molecule has 2 radical (unpaired) electrons. The normalized spacial score (nSPS) is 29.5. The van der Waals surface area contributed by atoms with Crippen molar-refractivity contribution in [2.75, 3.05) is 106 Å². The number of nitrogens with one attached hydrogen (secondary N) is 5. The van der Waals surface area contributed by atoms with Crippen molar-refractivity contribution in [3.05, 3.63) is 0 Å². The van der Waals surface area contributed by atoms with Gasteiger partial charge in [-0.15, -0.1) is 0 Å². The van der Waals surface area contributed by atoms with Gasteiger partial charge >= 0.3 is 0 Å². The molecule has 0 aromatic heterocycles. The molecule has 1 aliphatic carbocycles. The predicted octanol–water partition coefficient (Wildman–Crippen LogP) is -5.96. The van der Waals surface area contributed by atoms with Gasteiger partial charge in [0.2, 0.25) is 24.1 Å². The zero-order chi connectivity index (χ0) is 58.4. The van der Waals surface area contributed by atoms with E-state index in [1.807, 2.05) is 6.92 Å². The molecule has 4 rings (SSSR count). The van der Waals surface area contributed by atoms with Gasteiger partial charge in [0.25, 0.3) is 8.05 Å². The number of hydrogen-bond donors (Lipinski definition) is 14. The average molecular weight is 1140 g/mol. The molecule has 0 bridgehead atoms. The van der Waals surface area contributed by atoms with Crippen molar-refractivity contribution < 1.29 is 117 Å². The van der Waals surface area contributed by atoms with E-state index in [0.717, 1.165) is 32.0 Å². The monoisotopic (exact) mass is 1140 g/mol. The van der Waals surface area contributed by atoms with E-state index in [4.69, 9.17) is 55.8 Å². The van der Waals surface area contributed by atoms with Crippen LogP contribution in [0.15, 0.2) is 0 Å². The van der Waals surface area contributed by atoms with Crippen molar-refractivity contribution in [3.8, 4) is 0 Å². The van der Waals surface area contributed by atoms with Gasteiger partial charge < -0.3 is 125 Å². The van der Waals surface area contributed by atoms with E-state index < -0.39 is 99.1 Å². The van der Waals surface area contributed by atoms with Gasteiger partial charge in [-0.05, 0) is 45.6 Å². The standard InChI is InChI=1S/C31H58N4O15.C11H21NO7.C7H11BO2/c1-3-4-20(31(44)34-8-10-46-12-14-48-27-16-22(39)29(42)24(18-37)50-27)35-25(40)6-5-19(32-2)30(43)33-7-9-45-11-13-47-26-15-21(38)28(41)23(17-36)49-26;13-6-9-11(16)8(15)5-10(19-9)18-4-3-17-2-1-12-7-14;8-10-7-3-1-6(5-9)2-4-7/h19-24,26-29,32,36-39,41-42H,3-18H2,1-2H3,(H,33,43)(H,34,44)(H,35,40);7-11,13,15-16H,1-6H2,(H,12,14);5-7H,1-4H2. The molecule has 0 spiro atoms. The molecule has 3 aliphatic heterocycles. The first-order valence-electron chi connectivity index (χ1n) is 27.0. The lowest BCUT2D eigenvalue weighted by Gasteiger charge is -2.36. The lowest BCUT2D eigenvalue weighted by Crippen LogP contribution is -2.50. The third-order valence-electron chi connectivity index (χ3n) is 13.0. The number of carbonyl (C=O) groups excluding carboxylic acids is 5. The molecule has 14 unspecified atom stereocenters. The first kappa shape index (κ1) is 71.9. The minimum Gasteiger partial charge on any atom is -0.445 e. The van der Waals surface area contributed by atoms with Crippen molar-refractivity contribution in [2.45, 2.75) is 170 Å². The zero-order valence-electron chi connectivity index (χ0n) is 45.5. The van der Waals surface area contributed by atoms with Crippen LogP contribution in [-0.2, 0) is 71.3 Å². The van der Waals surface area contributed by atoms with Crippen molar-refractivity contribution in [1.29, 1.82) is 0 Å². The van der Waals surface area contributed by atoms with Crippen molar-refractivity contribution in [1.82, 2.24) is 26.6 Å². The highest BCUT2D eigenvalue weighted by molar-refractivity contribution is 5.98. The van der Waals surface area contributed by atoms with Crippen LogP contribution in [0.4, 0.5) is 0 Å². The Morgan fingerprint density at radius 2 is 1.01 bits per heavy atom. The van der Waals surface area contributed by atoms with Crippen molar-refractivity contribution in [2.24, 2.45) is 5.92 Å². The van der Waals surface area contributed by atoms with Gasteiger partial charge in [-0.1, -0.05) is 13.3 Å². The summed E-state index contributed by atoms with van der Waals surface area (Å²) in [5, 5.41) is 99.2. The van der Waals surface area contributed by atoms with E-state index in [0.29, 0.717) is 39.0 Å². The summed E-state index contributed by atoms with van der Waals surface area (Å²) in [6.45, 7) is 3.42. The molecule has 4 fully saturated rings. The quantitative estimate of drug-likeness (QED) is 0.0158. The van der Waals surface area contributed by atoms with Crippen LogP contribution in [0.1, 0.15) is 77.6 Å². The topological polar surface area (TPSA) is 420 Å². The van der Waals surface area contributed by atoms with Crippen molar-refractivity contribution >= 4 is 38.5 Å². The van der Waals surface area contributed by atoms with E-state index >= 15 is 0 Å². The Hall–Kier alpha value is -3.19. The molecule has 3 heterocycles. The zero-order valence-corrected chi connectivity index (χ0v) is 45.5. The third kappa shape index (κ3) is 29.6. The van der Waals surface area contributed by atoms with Gasteiger partial charge in [0, 0.05) is 57.3 Å². The minimum absolute atomic E-state index is 0.00915. The fourth-order valence-corrected chi connectivity index (χ4v) is 8.34. The van der Waals surface area contributed by atoms with Crippen LogP contribution < -0.4 is 26.6 Å². The highest BCUT2D eigenvalue weighted by atomic mass is 16.7. The Balaban J connectivity index is 0.000000592. The van der Waals surface area contributed by atoms with Gasteiger partial charge in [-0.3, -0.25) is 19.2 Å². The van der Waals surface area contributed by atoms with Gasteiger partial charge in [0.1, 0.15) is 49.0 Å². The number of aliphatic hydroxyl groups is 9. The Morgan fingerprint density at radius 3 is 1.38 bits per heavy atom. The molecule has 4 aliphatic rings. The maximum absolute atomic E-state index is 12.7. The molecular weight excluding hydrogens is 1050 g/mol. The molecule has 1 saturated carbocycles. The Labute approximate surface area is 462 Å². The van der Waals surface area contributed by atoms with E-state index in [1.165, 1.54) is 0 Å². The molecule has 4 amide bonds. The van der Waals surface area contributed by atoms with E-state index in [-0.39, 0.29) is 128 Å². The van der Waals surface area contributed by atoms with Crippen LogP contribution in [0.3, 0.4) is 0 Å². The van der Waals surface area contributed by atoms with Crippen LogP contribution in [0.25, 0.3) is 0 Å². The molecule has 30 heteroatoms. The van der Waals surface area contributed by atoms with Gasteiger partial charge in [0.05, 0.1) is 104 Å². The summed E-state index contributed by atoms with van der Waals surface area (Å²) in [5.74, 6) is -0.790. The smallest absolute Gasteiger partial charge is 0.283 e. The molecule has 14 N–H and O–H groups in total. The SMILES string of the molecule is CCCC(NC(=O)CCC(NC)C(=O)NCCOCCOC1CC(O)C(O)C(CO)O1)C(=O)NCCOCCOC1CC(O)C(O)C(CO)O1.O=CNCCOCCOC1CC(O)C(O)C(CO)O1.[B]OC1CCC(C=O)CC1. The Bertz CT molecular complexity index is 1620. The molecule has 29 nitrogen and oxygen atoms in total. The molecule has 14 atom stereocenters. The maximum atomic E-state index is 12.7. The van der Waals surface area contributed by atoms with Crippen LogP contribution >= 0.6 is 0 Å². The van der Waals surface area contributed by atoms with Crippen LogP contribution in [-0.4, -0.2) is 282 Å². The summed E-state index contributed by atoms with van der Waals surface area (Å²) in [4.78, 5) is 58.2. The third-order valence-corrected chi connectivity index (χ3v) is 13.0. The van der Waals surface area contributed by atoms with Gasteiger partial charge in [-0.25, -0.2) is 0 Å². The maximum Gasteiger partial charge on any atom is 0.283 e. The Kier molecular flexibility index (Phi) is 39.6. The first-order chi connectivity index (χ1) is 38.1. The molecule has 458 valence electrons. The highest BCUT2D eigenvalue weighted by Gasteiger charge is 2.39. The van der Waals surface area contributed by atoms with E-state index in [2.05, 4.69) is 31.2 Å². The van der Waals surface area contributed by atoms with Crippen LogP contribution in [0, 0.1) is 5.92 Å². The number of rotatable bonds is 36. The summed E-state index contributed by atoms with van der Waals surface area (Å²) in [6.07, 6.45) is -4.44. The van der Waals surface area contributed by atoms with Crippen molar-refractivity contribution in [3.63, 3.8) is 0 Å². The predicted molar refractivity (Wildman–Crippen MR) is 275 cm³/mol. The number of carbonyl (C=O) groups is 5. The van der Waals surface area contributed by atoms with Gasteiger partial charge in [-0.2, -0.15) is 0 Å². The van der Waals surface area contributed by atoms with E-state index in [9.17, 15) is 64.8 Å². The number of aldehydes is 1. The molecular formula is C49H90BN5O24. The molecule has 0 aromatic carbocycles. The van der Waals surface area contributed by atoms with E-state index in [1.54, 1.807) is 7.05 Å². The number of aliphatic hydroxyl groups excluding tert-OH is 9. The largest absolute Gasteiger partial charge is 0.445 e. The molecule has 0 aromatic rings. The molecule has 3 saturated heterocycles. The highest BCUT2D eigenvalue weighted by Crippen LogP contribution is 2.25. The minimum atomic E-state index is -1.18. The first-order valence-corrected chi connectivity index (χ1v) is 27.0. The lowest BCUT2D eigenvalue weighted by atomic mass is 9.88. The number of ether oxygens (including phenoxy) is 9. The second-order valence-corrected chi connectivity index (χ2v) is 18.9. The second-order valence-electron chi connectivity index (χ2n) is 18.9. The fraction of sp³-hybridized carbons (Fsp3) is 0.898. The Morgan fingerprint density at radius 1 is 0.595 bits per heavy atom. The van der Waals surface area contributed by atoms with Crippen LogP contribution in [0.5, 0.6) is 0 Å². The summed E-state index contributed by atoms with van der Waals surface area (Å²) in [5.41, 5.74) is 0. The lowest BCUT2D eigenvalue weighted by molar-refractivity contribution is -0.258. The fourth-order valence-electron chi connectivity index (χ4n) is 8.34.